The largest absolute Gasteiger partial charge is 0.388 e. The SMILES string of the molecule is CNC(=O)N1C2CC[C@@H]1C[C@H](C(C)(C)C(O)c1cc(Cl)cc3cn[nH]c13)CC2. The quantitative estimate of drug-likeness (QED) is 0.715. The average Bonchev–Trinajstić information content (AvgIpc) is 3.22. The normalized spacial score (nSPS) is 26.3. The minimum atomic E-state index is -0.677. The molecule has 2 aliphatic rings. The van der Waals surface area contributed by atoms with Gasteiger partial charge in [-0.15, -0.1) is 0 Å². The minimum absolute atomic E-state index is 0.0283. The lowest BCUT2D eigenvalue weighted by Crippen LogP contribution is -2.45. The molecule has 0 aliphatic carbocycles. The molecule has 0 saturated carbocycles. The van der Waals surface area contributed by atoms with Crippen LogP contribution in [0.15, 0.2) is 18.3 Å². The highest BCUT2D eigenvalue weighted by molar-refractivity contribution is 6.31. The zero-order valence-corrected chi connectivity index (χ0v) is 17.5. The molecule has 4 atom stereocenters. The third-order valence-electron chi connectivity index (χ3n) is 7.07. The first kappa shape index (κ1) is 19.5. The van der Waals surface area contributed by atoms with Crippen LogP contribution >= 0.6 is 11.6 Å². The first-order valence-electron chi connectivity index (χ1n) is 10.1. The van der Waals surface area contributed by atoms with Gasteiger partial charge in [-0.1, -0.05) is 25.4 Å². The zero-order valence-electron chi connectivity index (χ0n) is 16.7. The van der Waals surface area contributed by atoms with Crippen LogP contribution in [0.5, 0.6) is 0 Å². The summed E-state index contributed by atoms with van der Waals surface area (Å²) < 4.78 is 0. The molecule has 2 amide bonds. The topological polar surface area (TPSA) is 81.2 Å². The third kappa shape index (κ3) is 3.16. The number of aromatic amines is 1. The summed E-state index contributed by atoms with van der Waals surface area (Å²) in [6.45, 7) is 4.27. The summed E-state index contributed by atoms with van der Waals surface area (Å²) in [5.74, 6) is 0.307. The number of hydrogen-bond acceptors (Lipinski definition) is 3. The summed E-state index contributed by atoms with van der Waals surface area (Å²) in [6, 6.07) is 4.29. The molecule has 0 spiro atoms. The van der Waals surface area contributed by atoms with Gasteiger partial charge in [0.25, 0.3) is 0 Å². The molecular formula is C21H29ClN4O2. The highest BCUT2D eigenvalue weighted by atomic mass is 35.5. The minimum Gasteiger partial charge on any atom is -0.388 e. The van der Waals surface area contributed by atoms with Crippen LogP contribution in [0, 0.1) is 11.3 Å². The molecule has 1 aromatic heterocycles. The summed E-state index contributed by atoms with van der Waals surface area (Å²) in [4.78, 5) is 14.4. The summed E-state index contributed by atoms with van der Waals surface area (Å²) in [5.41, 5.74) is 1.27. The summed E-state index contributed by atoms with van der Waals surface area (Å²) in [5, 5.41) is 22.9. The summed E-state index contributed by atoms with van der Waals surface area (Å²) in [7, 11) is 1.70. The second kappa shape index (κ2) is 7.23. The Hall–Kier alpha value is -1.79. The summed E-state index contributed by atoms with van der Waals surface area (Å²) >= 11 is 6.30. The fourth-order valence-electron chi connectivity index (χ4n) is 5.34. The number of aliphatic hydroxyl groups excluding tert-OH is 1. The standard InChI is InChI=1S/C21H29ClN4O2/c1-21(2,19(27)17-10-14(22)8-12-11-24-25-18(12)17)13-4-5-15-6-7-16(9-13)26(15)20(28)23-3/h8,10-11,13,15-16,19,27H,4-7,9H2,1-3H3,(H,23,28)(H,24,25)/t13-,15?,16-,19?/m1/s1. The van der Waals surface area contributed by atoms with Crippen LogP contribution in [0.2, 0.25) is 5.02 Å². The predicted molar refractivity (Wildman–Crippen MR) is 110 cm³/mol. The van der Waals surface area contributed by atoms with Crippen LogP contribution < -0.4 is 5.32 Å². The van der Waals surface area contributed by atoms with Crippen molar-refractivity contribution in [3.63, 3.8) is 0 Å². The number of nitrogens with zero attached hydrogens (tertiary/aromatic N) is 2. The lowest BCUT2D eigenvalue weighted by Gasteiger charge is -2.40. The molecule has 2 saturated heterocycles. The Morgan fingerprint density at radius 2 is 2.04 bits per heavy atom. The monoisotopic (exact) mass is 404 g/mol. The molecule has 2 bridgehead atoms. The fraction of sp³-hybridized carbons (Fsp3) is 0.619. The first-order chi connectivity index (χ1) is 13.3. The van der Waals surface area contributed by atoms with Gasteiger partial charge in [0.05, 0.1) is 17.8 Å². The van der Waals surface area contributed by atoms with E-state index in [4.69, 9.17) is 11.6 Å². The number of urea groups is 1. The number of rotatable bonds is 3. The second-order valence-corrected chi connectivity index (χ2v) is 9.35. The van der Waals surface area contributed by atoms with E-state index in [1.807, 2.05) is 12.1 Å². The van der Waals surface area contributed by atoms with E-state index in [2.05, 4.69) is 34.3 Å². The molecular weight excluding hydrogens is 376 g/mol. The van der Waals surface area contributed by atoms with Gasteiger partial charge in [-0.05, 0) is 55.6 Å². The van der Waals surface area contributed by atoms with Crippen LogP contribution in [0.4, 0.5) is 4.79 Å². The molecule has 3 heterocycles. The predicted octanol–water partition coefficient (Wildman–Crippen LogP) is 4.25. The van der Waals surface area contributed by atoms with Crippen molar-refractivity contribution in [1.29, 1.82) is 0 Å². The lowest BCUT2D eigenvalue weighted by atomic mass is 9.67. The molecule has 1 aromatic carbocycles. The Labute approximate surface area is 170 Å². The number of carbonyl (C=O) groups is 1. The number of H-pyrrole nitrogens is 1. The van der Waals surface area contributed by atoms with Gasteiger partial charge >= 0.3 is 6.03 Å². The Morgan fingerprint density at radius 1 is 1.32 bits per heavy atom. The maximum Gasteiger partial charge on any atom is 0.317 e. The number of nitrogens with one attached hydrogen (secondary N) is 2. The van der Waals surface area contributed by atoms with Gasteiger partial charge in [0.15, 0.2) is 0 Å². The number of halogens is 1. The number of fused-ring (bicyclic) bond motifs is 3. The van der Waals surface area contributed by atoms with E-state index < -0.39 is 6.10 Å². The number of carbonyl (C=O) groups excluding carboxylic acids is 1. The van der Waals surface area contributed by atoms with Gasteiger partial charge in [-0.3, -0.25) is 5.10 Å². The van der Waals surface area contributed by atoms with Crippen molar-refractivity contribution in [3.05, 3.63) is 28.9 Å². The van der Waals surface area contributed by atoms with Crippen LogP contribution in [0.3, 0.4) is 0 Å². The van der Waals surface area contributed by atoms with E-state index in [0.717, 1.165) is 48.6 Å². The van der Waals surface area contributed by atoms with Crippen molar-refractivity contribution in [2.75, 3.05) is 7.05 Å². The number of amides is 2. The van der Waals surface area contributed by atoms with Crippen molar-refractivity contribution in [2.24, 2.45) is 11.3 Å². The van der Waals surface area contributed by atoms with E-state index in [1.54, 1.807) is 13.2 Å². The van der Waals surface area contributed by atoms with E-state index in [0.29, 0.717) is 17.0 Å². The van der Waals surface area contributed by atoms with Gasteiger partial charge in [0, 0.05) is 35.1 Å². The first-order valence-corrected chi connectivity index (χ1v) is 10.5. The Morgan fingerprint density at radius 3 is 2.79 bits per heavy atom. The van der Waals surface area contributed by atoms with Gasteiger partial charge in [0.2, 0.25) is 0 Å². The number of hydrogen-bond donors (Lipinski definition) is 3. The number of aromatic nitrogens is 2. The van der Waals surface area contributed by atoms with Crippen LogP contribution in [0.1, 0.15) is 57.6 Å². The molecule has 4 rings (SSSR count). The van der Waals surface area contributed by atoms with Gasteiger partial charge < -0.3 is 15.3 Å². The molecule has 3 N–H and O–H groups in total. The van der Waals surface area contributed by atoms with Crippen molar-refractivity contribution >= 4 is 28.5 Å². The summed E-state index contributed by atoms with van der Waals surface area (Å²) in [6.07, 6.45) is 6.09. The molecule has 2 aromatic rings. The van der Waals surface area contributed by atoms with Crippen molar-refractivity contribution < 1.29 is 9.90 Å². The number of benzene rings is 1. The lowest BCUT2D eigenvalue weighted by molar-refractivity contribution is -0.00399. The van der Waals surface area contributed by atoms with Gasteiger partial charge in [0.1, 0.15) is 0 Å². The fourth-order valence-corrected chi connectivity index (χ4v) is 5.57. The Kier molecular flexibility index (Phi) is 5.04. The zero-order chi connectivity index (χ0) is 20.1. The van der Waals surface area contributed by atoms with E-state index >= 15 is 0 Å². The molecule has 7 heteroatoms. The van der Waals surface area contributed by atoms with Crippen LogP contribution in [-0.4, -0.2) is 45.4 Å². The molecule has 152 valence electrons. The maximum atomic E-state index is 12.4. The molecule has 2 aliphatic heterocycles. The van der Waals surface area contributed by atoms with E-state index in [9.17, 15) is 9.90 Å². The second-order valence-electron chi connectivity index (χ2n) is 8.91. The Balaban J connectivity index is 1.63. The highest BCUT2D eigenvalue weighted by Crippen LogP contribution is 2.49. The van der Waals surface area contributed by atoms with Crippen LogP contribution in [0.25, 0.3) is 10.9 Å². The molecule has 2 unspecified atom stereocenters. The molecule has 6 nitrogen and oxygen atoms in total. The van der Waals surface area contributed by atoms with Gasteiger partial charge in [-0.25, -0.2) is 4.79 Å². The molecule has 0 radical (unpaired) electrons. The molecule has 2 fully saturated rings. The number of aliphatic hydroxyl groups is 1. The Bertz CT molecular complexity index is 880. The maximum absolute atomic E-state index is 12.4. The van der Waals surface area contributed by atoms with E-state index in [-0.39, 0.29) is 17.5 Å². The average molecular weight is 405 g/mol. The van der Waals surface area contributed by atoms with Gasteiger partial charge in [-0.2, -0.15) is 5.10 Å². The van der Waals surface area contributed by atoms with Crippen molar-refractivity contribution in [1.82, 2.24) is 20.4 Å². The highest BCUT2D eigenvalue weighted by Gasteiger charge is 2.46. The van der Waals surface area contributed by atoms with Crippen molar-refractivity contribution in [3.8, 4) is 0 Å². The smallest absolute Gasteiger partial charge is 0.317 e. The van der Waals surface area contributed by atoms with Crippen molar-refractivity contribution in [2.45, 2.75) is 64.1 Å². The molecule has 28 heavy (non-hydrogen) atoms. The van der Waals surface area contributed by atoms with Crippen LogP contribution in [-0.2, 0) is 0 Å². The third-order valence-corrected chi connectivity index (χ3v) is 7.29. The van der Waals surface area contributed by atoms with E-state index in [1.165, 1.54) is 0 Å².